The molecule has 0 amide bonds. The highest BCUT2D eigenvalue weighted by Gasteiger charge is 2.44. The Hall–Kier alpha value is -0.290. The van der Waals surface area contributed by atoms with Gasteiger partial charge in [0.1, 0.15) is 6.04 Å². The number of likely N-dealkylation sites (tertiary alicyclic amines) is 1. The van der Waals surface area contributed by atoms with Crippen LogP contribution in [0.1, 0.15) is 26.7 Å². The minimum absolute atomic E-state index is 0.00456. The van der Waals surface area contributed by atoms with Crippen LogP contribution in [0.25, 0.3) is 0 Å². The number of alkyl halides is 3. The summed E-state index contributed by atoms with van der Waals surface area (Å²) in [6.07, 6.45) is -3.30. The number of hydrogen-bond acceptors (Lipinski definition) is 2. The Labute approximate surface area is 95.0 Å². The summed E-state index contributed by atoms with van der Waals surface area (Å²) in [5, 5.41) is 0. The van der Waals surface area contributed by atoms with E-state index in [1.54, 1.807) is 4.90 Å². The second-order valence-corrected chi connectivity index (χ2v) is 4.87. The van der Waals surface area contributed by atoms with E-state index in [-0.39, 0.29) is 13.0 Å². The molecule has 1 rings (SSSR count). The molecule has 1 heterocycles. The van der Waals surface area contributed by atoms with E-state index in [9.17, 15) is 13.2 Å². The van der Waals surface area contributed by atoms with E-state index in [2.05, 4.69) is 6.92 Å². The van der Waals surface area contributed by atoms with Crippen LogP contribution in [0.3, 0.4) is 0 Å². The second kappa shape index (κ2) is 5.36. The first-order valence-corrected chi connectivity index (χ1v) is 5.87. The van der Waals surface area contributed by atoms with Crippen molar-refractivity contribution in [2.24, 2.45) is 17.6 Å². The van der Waals surface area contributed by atoms with Crippen molar-refractivity contribution in [3.63, 3.8) is 0 Å². The first kappa shape index (κ1) is 13.8. The normalized spacial score (nSPS) is 30.4. The summed E-state index contributed by atoms with van der Waals surface area (Å²) in [5.74, 6) is 0.847. The maximum absolute atomic E-state index is 12.8. The molecule has 5 heteroatoms. The molecule has 1 aliphatic rings. The topological polar surface area (TPSA) is 29.3 Å². The number of hydrogen-bond donors (Lipinski definition) is 1. The van der Waals surface area contributed by atoms with Gasteiger partial charge in [-0.1, -0.05) is 13.8 Å². The first-order chi connectivity index (χ1) is 7.36. The third-order valence-corrected chi connectivity index (χ3v) is 3.62. The number of piperidine rings is 1. The Kier molecular flexibility index (Phi) is 4.62. The van der Waals surface area contributed by atoms with Crippen molar-refractivity contribution < 1.29 is 13.2 Å². The number of halogens is 3. The van der Waals surface area contributed by atoms with Gasteiger partial charge in [-0.2, -0.15) is 13.2 Å². The molecule has 1 fully saturated rings. The third-order valence-electron chi connectivity index (χ3n) is 3.62. The maximum Gasteiger partial charge on any atom is 0.404 e. The van der Waals surface area contributed by atoms with Crippen molar-refractivity contribution in [1.82, 2.24) is 4.90 Å². The summed E-state index contributed by atoms with van der Waals surface area (Å²) in [6, 6.07) is -1.35. The molecular formula is C11H21F3N2. The lowest BCUT2D eigenvalue weighted by Crippen LogP contribution is -2.51. The molecule has 0 aromatic rings. The van der Waals surface area contributed by atoms with E-state index in [0.717, 1.165) is 6.42 Å². The lowest BCUT2D eigenvalue weighted by molar-refractivity contribution is -0.190. The standard InChI is InChI=1S/C11H21F3N2/c1-8-4-6-16(7-9(8)2)10(3-5-15)11(12,13)14/h8-10H,3-7,15H2,1-2H3. The zero-order valence-corrected chi connectivity index (χ0v) is 9.93. The number of nitrogens with zero attached hydrogens (tertiary/aromatic N) is 1. The molecule has 3 atom stereocenters. The molecule has 0 aromatic carbocycles. The minimum atomic E-state index is -4.15. The predicted octanol–water partition coefficient (Wildman–Crippen LogP) is 2.24. The van der Waals surface area contributed by atoms with Gasteiger partial charge in [0.2, 0.25) is 0 Å². The second-order valence-electron chi connectivity index (χ2n) is 4.87. The van der Waals surface area contributed by atoms with Gasteiger partial charge in [0.15, 0.2) is 0 Å². The maximum atomic E-state index is 12.8. The van der Waals surface area contributed by atoms with Gasteiger partial charge >= 0.3 is 6.18 Å². The van der Waals surface area contributed by atoms with Gasteiger partial charge in [-0.3, -0.25) is 4.90 Å². The molecule has 1 aliphatic heterocycles. The largest absolute Gasteiger partial charge is 0.404 e. The molecule has 1 saturated heterocycles. The smallest absolute Gasteiger partial charge is 0.330 e. The summed E-state index contributed by atoms with van der Waals surface area (Å²) in [5.41, 5.74) is 5.27. The van der Waals surface area contributed by atoms with E-state index < -0.39 is 12.2 Å². The van der Waals surface area contributed by atoms with E-state index in [1.807, 2.05) is 6.92 Å². The molecule has 2 nitrogen and oxygen atoms in total. The fraction of sp³-hybridized carbons (Fsp3) is 1.00. The lowest BCUT2D eigenvalue weighted by atomic mass is 9.87. The van der Waals surface area contributed by atoms with Crippen LogP contribution >= 0.6 is 0 Å². The molecule has 0 aliphatic carbocycles. The number of rotatable bonds is 3. The highest BCUT2D eigenvalue weighted by atomic mass is 19.4. The van der Waals surface area contributed by atoms with Crippen LogP contribution in [-0.2, 0) is 0 Å². The zero-order valence-electron chi connectivity index (χ0n) is 9.93. The lowest BCUT2D eigenvalue weighted by Gasteiger charge is -2.40. The molecule has 16 heavy (non-hydrogen) atoms. The van der Waals surface area contributed by atoms with Crippen molar-refractivity contribution in [2.45, 2.75) is 38.9 Å². The molecule has 96 valence electrons. The Morgan fingerprint density at radius 2 is 1.94 bits per heavy atom. The fourth-order valence-corrected chi connectivity index (χ4v) is 2.29. The van der Waals surface area contributed by atoms with Gasteiger partial charge in [0.25, 0.3) is 0 Å². The van der Waals surface area contributed by atoms with Crippen LogP contribution in [0.2, 0.25) is 0 Å². The quantitative estimate of drug-likeness (QED) is 0.817. The fourth-order valence-electron chi connectivity index (χ4n) is 2.29. The van der Waals surface area contributed by atoms with Crippen molar-refractivity contribution in [3.05, 3.63) is 0 Å². The summed E-state index contributed by atoms with van der Waals surface area (Å²) >= 11 is 0. The van der Waals surface area contributed by atoms with Crippen molar-refractivity contribution in [2.75, 3.05) is 19.6 Å². The van der Waals surface area contributed by atoms with Gasteiger partial charge in [-0.05, 0) is 37.8 Å². The van der Waals surface area contributed by atoms with E-state index in [0.29, 0.717) is 24.9 Å². The Bertz CT molecular complexity index is 218. The molecule has 0 spiro atoms. The van der Waals surface area contributed by atoms with Gasteiger partial charge in [-0.15, -0.1) is 0 Å². The summed E-state index contributed by atoms with van der Waals surface area (Å²) in [6.45, 7) is 5.28. The van der Waals surface area contributed by atoms with Crippen LogP contribution in [-0.4, -0.2) is 36.8 Å². The molecule has 0 saturated carbocycles. The average molecular weight is 238 g/mol. The average Bonchev–Trinajstić information content (AvgIpc) is 2.17. The molecule has 0 bridgehead atoms. The van der Waals surface area contributed by atoms with E-state index in [1.165, 1.54) is 0 Å². The van der Waals surface area contributed by atoms with Crippen LogP contribution in [0, 0.1) is 11.8 Å². The van der Waals surface area contributed by atoms with Gasteiger partial charge in [0, 0.05) is 6.54 Å². The highest BCUT2D eigenvalue weighted by molar-refractivity contribution is 4.84. The Balaban J connectivity index is 2.65. The molecule has 3 unspecified atom stereocenters. The van der Waals surface area contributed by atoms with Crippen LogP contribution in [0.4, 0.5) is 13.2 Å². The van der Waals surface area contributed by atoms with Gasteiger partial charge in [-0.25, -0.2) is 0 Å². The van der Waals surface area contributed by atoms with Crippen molar-refractivity contribution in [1.29, 1.82) is 0 Å². The van der Waals surface area contributed by atoms with Crippen LogP contribution < -0.4 is 5.73 Å². The molecule has 0 aromatic heterocycles. The van der Waals surface area contributed by atoms with E-state index >= 15 is 0 Å². The van der Waals surface area contributed by atoms with Crippen LogP contribution in [0.15, 0.2) is 0 Å². The first-order valence-electron chi connectivity index (χ1n) is 5.87. The molecule has 2 N–H and O–H groups in total. The third kappa shape index (κ3) is 3.35. The van der Waals surface area contributed by atoms with Crippen LogP contribution in [0.5, 0.6) is 0 Å². The summed E-state index contributed by atoms with van der Waals surface area (Å²) in [7, 11) is 0. The Morgan fingerprint density at radius 3 is 2.38 bits per heavy atom. The number of nitrogens with two attached hydrogens (primary N) is 1. The predicted molar refractivity (Wildman–Crippen MR) is 58.0 cm³/mol. The van der Waals surface area contributed by atoms with Crippen molar-refractivity contribution in [3.8, 4) is 0 Å². The monoisotopic (exact) mass is 238 g/mol. The minimum Gasteiger partial charge on any atom is -0.330 e. The summed E-state index contributed by atoms with van der Waals surface area (Å²) < 4.78 is 38.5. The SMILES string of the molecule is CC1CCN(C(CCN)C(F)(F)F)CC1C. The van der Waals surface area contributed by atoms with Gasteiger partial charge in [0.05, 0.1) is 0 Å². The summed E-state index contributed by atoms with van der Waals surface area (Å²) in [4.78, 5) is 1.55. The highest BCUT2D eigenvalue weighted by Crippen LogP contribution is 2.32. The Morgan fingerprint density at radius 1 is 1.31 bits per heavy atom. The van der Waals surface area contributed by atoms with E-state index in [4.69, 9.17) is 5.73 Å². The molecular weight excluding hydrogens is 217 g/mol. The van der Waals surface area contributed by atoms with Crippen molar-refractivity contribution >= 4 is 0 Å². The zero-order chi connectivity index (χ0) is 12.3. The molecule has 0 radical (unpaired) electrons. The van der Waals surface area contributed by atoms with Gasteiger partial charge < -0.3 is 5.73 Å².